The number of amides is 1. The first kappa shape index (κ1) is 65.3. The second-order valence-electron chi connectivity index (χ2n) is 20.7. The lowest BCUT2D eigenvalue weighted by molar-refractivity contribution is -0.143. The molecule has 0 heterocycles. The summed E-state index contributed by atoms with van der Waals surface area (Å²) in [4.78, 5) is 24.5. The molecule has 2 unspecified atom stereocenters. The standard InChI is InChI=1S/C61H117NO5/c1-3-5-7-9-11-13-15-17-18-19-20-21-22-23-24-25-26-27-28-30-33-37-41-45-49-53-59(64)58(57-63)62-60(65)54-50-46-42-38-34-31-29-32-36-40-44-48-52-56-67-61(66)55-51-47-43-39-35-16-14-12-10-8-6-4-2/h12,14,31,34,58-59,63-64H,3-11,13,15-30,32-33,35-57H2,1-2H3,(H,62,65)/b14-12-,34-31-. The van der Waals surface area contributed by atoms with E-state index in [1.807, 2.05) is 0 Å². The van der Waals surface area contributed by atoms with Crippen molar-refractivity contribution in [1.82, 2.24) is 5.32 Å². The SMILES string of the molecule is CCCCC/C=C\CCCCCCCC(=O)OCCCCCCCC/C=C\CCCCCC(=O)NC(CO)C(O)CCCCCCCCCCCCCCCCCCCCCCCCCCC. The van der Waals surface area contributed by atoms with Crippen molar-refractivity contribution in [1.29, 1.82) is 0 Å². The van der Waals surface area contributed by atoms with Gasteiger partial charge in [-0.3, -0.25) is 9.59 Å². The van der Waals surface area contributed by atoms with E-state index >= 15 is 0 Å². The predicted octanol–water partition coefficient (Wildman–Crippen LogP) is 18.6. The van der Waals surface area contributed by atoms with Crippen molar-refractivity contribution in [3.63, 3.8) is 0 Å². The molecule has 0 aliphatic heterocycles. The molecule has 396 valence electrons. The largest absolute Gasteiger partial charge is 0.466 e. The smallest absolute Gasteiger partial charge is 0.305 e. The maximum atomic E-state index is 12.5. The quantitative estimate of drug-likeness (QED) is 0.0321. The molecule has 0 radical (unpaired) electrons. The van der Waals surface area contributed by atoms with Gasteiger partial charge in [0, 0.05) is 12.8 Å². The van der Waals surface area contributed by atoms with Crippen LogP contribution in [0.5, 0.6) is 0 Å². The van der Waals surface area contributed by atoms with Crippen molar-refractivity contribution in [2.75, 3.05) is 13.2 Å². The fourth-order valence-corrected chi connectivity index (χ4v) is 9.34. The minimum absolute atomic E-state index is 0.0219. The Morgan fingerprint density at radius 1 is 0.403 bits per heavy atom. The van der Waals surface area contributed by atoms with E-state index in [9.17, 15) is 19.8 Å². The molecule has 0 fully saturated rings. The minimum atomic E-state index is -0.683. The summed E-state index contributed by atoms with van der Waals surface area (Å²) in [7, 11) is 0. The first-order chi connectivity index (χ1) is 33.0. The van der Waals surface area contributed by atoms with Crippen LogP contribution in [0.2, 0.25) is 0 Å². The van der Waals surface area contributed by atoms with Gasteiger partial charge < -0.3 is 20.3 Å². The third kappa shape index (κ3) is 53.5. The Hall–Kier alpha value is -1.66. The van der Waals surface area contributed by atoms with Gasteiger partial charge in [0.2, 0.25) is 5.91 Å². The van der Waals surface area contributed by atoms with Crippen molar-refractivity contribution in [2.45, 2.75) is 341 Å². The summed E-state index contributed by atoms with van der Waals surface area (Å²) in [5.74, 6) is -0.0840. The highest BCUT2D eigenvalue weighted by molar-refractivity contribution is 5.76. The molecule has 0 aliphatic carbocycles. The number of hydrogen-bond donors (Lipinski definition) is 3. The van der Waals surface area contributed by atoms with Crippen LogP contribution in [-0.4, -0.2) is 47.4 Å². The summed E-state index contributed by atoms with van der Waals surface area (Å²) >= 11 is 0. The molecule has 0 saturated carbocycles. The van der Waals surface area contributed by atoms with E-state index in [0.717, 1.165) is 70.6 Å². The monoisotopic (exact) mass is 944 g/mol. The van der Waals surface area contributed by atoms with Gasteiger partial charge in [-0.15, -0.1) is 0 Å². The van der Waals surface area contributed by atoms with Gasteiger partial charge >= 0.3 is 5.97 Å². The summed E-state index contributed by atoms with van der Waals surface area (Å²) in [6, 6.07) is -0.563. The lowest BCUT2D eigenvalue weighted by Crippen LogP contribution is -2.45. The van der Waals surface area contributed by atoms with E-state index in [1.54, 1.807) is 0 Å². The number of aliphatic hydroxyl groups excluding tert-OH is 2. The van der Waals surface area contributed by atoms with Crippen molar-refractivity contribution >= 4 is 11.9 Å². The molecular formula is C61H117NO5. The van der Waals surface area contributed by atoms with Gasteiger partial charge in [-0.1, -0.05) is 263 Å². The van der Waals surface area contributed by atoms with Crippen molar-refractivity contribution in [3.8, 4) is 0 Å². The zero-order chi connectivity index (χ0) is 48.6. The molecule has 0 rings (SSSR count). The molecule has 6 nitrogen and oxygen atoms in total. The highest BCUT2D eigenvalue weighted by Crippen LogP contribution is 2.18. The molecule has 2 atom stereocenters. The van der Waals surface area contributed by atoms with E-state index in [4.69, 9.17) is 4.74 Å². The number of ether oxygens (including phenoxy) is 1. The van der Waals surface area contributed by atoms with Crippen LogP contribution >= 0.6 is 0 Å². The third-order valence-electron chi connectivity index (χ3n) is 14.0. The summed E-state index contributed by atoms with van der Waals surface area (Å²) in [5, 5.41) is 23.3. The summed E-state index contributed by atoms with van der Waals surface area (Å²) in [6.07, 6.45) is 68.9. The summed E-state index contributed by atoms with van der Waals surface area (Å²) < 4.78 is 5.45. The summed E-state index contributed by atoms with van der Waals surface area (Å²) in [5.41, 5.74) is 0. The van der Waals surface area contributed by atoms with Crippen molar-refractivity contribution in [2.24, 2.45) is 0 Å². The third-order valence-corrected chi connectivity index (χ3v) is 14.0. The molecular weight excluding hydrogens is 827 g/mol. The molecule has 1 amide bonds. The number of rotatable bonds is 56. The van der Waals surface area contributed by atoms with Crippen LogP contribution in [0.3, 0.4) is 0 Å². The Morgan fingerprint density at radius 3 is 1.10 bits per heavy atom. The van der Waals surface area contributed by atoms with Gasteiger partial charge in [0.25, 0.3) is 0 Å². The van der Waals surface area contributed by atoms with Crippen LogP contribution in [0.1, 0.15) is 328 Å². The normalized spacial score (nSPS) is 12.7. The Morgan fingerprint density at radius 2 is 0.701 bits per heavy atom. The second kappa shape index (κ2) is 56.9. The number of nitrogens with one attached hydrogen (secondary N) is 1. The number of unbranched alkanes of at least 4 members (excludes halogenated alkanes) is 41. The molecule has 0 aromatic rings. The lowest BCUT2D eigenvalue weighted by Gasteiger charge is -2.22. The van der Waals surface area contributed by atoms with E-state index in [2.05, 4.69) is 43.5 Å². The molecule has 6 heteroatoms. The molecule has 0 saturated heterocycles. The average Bonchev–Trinajstić information content (AvgIpc) is 3.33. The highest BCUT2D eigenvalue weighted by atomic mass is 16.5. The molecule has 0 aromatic heterocycles. The maximum absolute atomic E-state index is 12.5. The number of carbonyl (C=O) groups excluding carboxylic acids is 2. The van der Waals surface area contributed by atoms with Crippen molar-refractivity contribution in [3.05, 3.63) is 24.3 Å². The number of hydrogen-bond acceptors (Lipinski definition) is 5. The van der Waals surface area contributed by atoms with Gasteiger partial charge in [0.1, 0.15) is 0 Å². The fraction of sp³-hybridized carbons (Fsp3) is 0.902. The second-order valence-corrected chi connectivity index (χ2v) is 20.7. The van der Waals surface area contributed by atoms with Crippen LogP contribution < -0.4 is 5.32 Å². The molecule has 0 aromatic carbocycles. The molecule has 67 heavy (non-hydrogen) atoms. The number of aliphatic hydroxyl groups is 2. The fourth-order valence-electron chi connectivity index (χ4n) is 9.34. The van der Waals surface area contributed by atoms with Crippen molar-refractivity contribution < 1.29 is 24.5 Å². The molecule has 0 bridgehead atoms. The van der Waals surface area contributed by atoms with E-state index in [1.165, 1.54) is 225 Å². The minimum Gasteiger partial charge on any atom is -0.466 e. The first-order valence-corrected chi connectivity index (χ1v) is 30.1. The van der Waals surface area contributed by atoms with Gasteiger partial charge in [-0.25, -0.2) is 0 Å². The number of esters is 1. The van der Waals surface area contributed by atoms with Crippen LogP contribution in [0, 0.1) is 0 Å². The molecule has 3 N–H and O–H groups in total. The predicted molar refractivity (Wildman–Crippen MR) is 292 cm³/mol. The number of allylic oxidation sites excluding steroid dienone is 4. The maximum Gasteiger partial charge on any atom is 0.305 e. The molecule has 0 aliphatic rings. The van der Waals surface area contributed by atoms with Crippen LogP contribution in [0.15, 0.2) is 24.3 Å². The van der Waals surface area contributed by atoms with Gasteiger partial charge in [0.15, 0.2) is 0 Å². The van der Waals surface area contributed by atoms with E-state index in [-0.39, 0.29) is 18.5 Å². The Labute approximate surface area is 418 Å². The first-order valence-electron chi connectivity index (χ1n) is 30.1. The van der Waals surface area contributed by atoms with Gasteiger partial charge in [0.05, 0.1) is 25.4 Å². The highest BCUT2D eigenvalue weighted by Gasteiger charge is 2.20. The Bertz CT molecular complexity index is 1040. The van der Waals surface area contributed by atoms with E-state index in [0.29, 0.717) is 25.9 Å². The zero-order valence-corrected chi connectivity index (χ0v) is 45.1. The zero-order valence-electron chi connectivity index (χ0n) is 45.1. The lowest BCUT2D eigenvalue weighted by atomic mass is 10.0. The number of carbonyl (C=O) groups is 2. The summed E-state index contributed by atoms with van der Waals surface area (Å²) in [6.45, 7) is 4.90. The Kier molecular flexibility index (Phi) is 55.5. The molecule has 0 spiro atoms. The van der Waals surface area contributed by atoms with Crippen LogP contribution in [0.4, 0.5) is 0 Å². The van der Waals surface area contributed by atoms with Gasteiger partial charge in [-0.2, -0.15) is 0 Å². The van der Waals surface area contributed by atoms with E-state index < -0.39 is 12.1 Å². The Balaban J connectivity index is 3.48. The van der Waals surface area contributed by atoms with Crippen LogP contribution in [0.25, 0.3) is 0 Å². The van der Waals surface area contributed by atoms with Gasteiger partial charge in [-0.05, 0) is 77.0 Å². The van der Waals surface area contributed by atoms with Crippen LogP contribution in [-0.2, 0) is 14.3 Å². The topological polar surface area (TPSA) is 95.9 Å². The average molecular weight is 945 g/mol.